The van der Waals surface area contributed by atoms with E-state index in [2.05, 4.69) is 188 Å². The Labute approximate surface area is 366 Å². The van der Waals surface area contributed by atoms with Crippen molar-refractivity contribution in [3.63, 3.8) is 0 Å². The van der Waals surface area contributed by atoms with Crippen molar-refractivity contribution in [1.29, 1.82) is 0 Å². The summed E-state index contributed by atoms with van der Waals surface area (Å²) in [7, 11) is -1.94. The number of hydrogen-bond acceptors (Lipinski definition) is 4. The van der Waals surface area contributed by atoms with Gasteiger partial charge in [0.1, 0.15) is 33.1 Å². The van der Waals surface area contributed by atoms with Gasteiger partial charge in [0.25, 0.3) is 0 Å². The first kappa shape index (κ1) is 47.1. The zero-order valence-electron chi connectivity index (χ0n) is 38.6. The summed E-state index contributed by atoms with van der Waals surface area (Å²) >= 11 is 0. The van der Waals surface area contributed by atoms with Crippen LogP contribution in [0.2, 0.25) is 57.4 Å². The molecule has 3 aromatic carbocycles. The first-order valence-corrected chi connectivity index (χ1v) is 31.6. The zero-order valence-corrected chi connectivity index (χ0v) is 41.6. The van der Waals surface area contributed by atoms with E-state index in [9.17, 15) is 5.11 Å². The molecule has 4 nitrogen and oxygen atoms in total. The van der Waals surface area contributed by atoms with Crippen LogP contribution in [0.4, 0.5) is 0 Å². The smallest absolute Gasteiger partial charge is 0.194 e. The van der Waals surface area contributed by atoms with Crippen molar-refractivity contribution < 1.29 is 19.0 Å². The van der Waals surface area contributed by atoms with E-state index >= 15 is 0 Å². The lowest BCUT2D eigenvalue weighted by molar-refractivity contribution is 0.0611. The van der Waals surface area contributed by atoms with Crippen molar-refractivity contribution in [3.8, 4) is 34.1 Å². The number of ether oxygens (including phenoxy) is 2. The molecule has 0 aliphatic heterocycles. The monoisotopic (exact) mass is 854 g/mol. The molecule has 7 heteroatoms. The molecular weight excluding hydrogens is 785 g/mol. The highest BCUT2D eigenvalue weighted by molar-refractivity contribution is 6.84. The molecule has 0 spiro atoms. The molecule has 0 bridgehead atoms. The number of benzene rings is 3. The van der Waals surface area contributed by atoms with E-state index in [1.165, 1.54) is 5.56 Å². The van der Waals surface area contributed by atoms with Gasteiger partial charge in [-0.05, 0) is 125 Å². The summed E-state index contributed by atoms with van der Waals surface area (Å²) in [6.45, 7) is 26.6. The number of allylic oxidation sites excluding steroid dienone is 2. The topological polar surface area (TPSA) is 47.9 Å². The molecule has 1 unspecified atom stereocenters. The van der Waals surface area contributed by atoms with Gasteiger partial charge in [0.05, 0.1) is 6.10 Å². The van der Waals surface area contributed by atoms with Crippen molar-refractivity contribution in [1.82, 2.24) is 0 Å². The molecule has 0 heterocycles. The lowest BCUT2D eigenvalue weighted by Crippen LogP contribution is -2.45. The Balaban J connectivity index is 1.64. The van der Waals surface area contributed by atoms with Gasteiger partial charge < -0.3 is 19.0 Å². The van der Waals surface area contributed by atoms with Gasteiger partial charge in [0.15, 0.2) is 8.32 Å². The molecule has 0 amide bonds. The van der Waals surface area contributed by atoms with Crippen LogP contribution in [0, 0.1) is 22.9 Å². The highest BCUT2D eigenvalue weighted by atomic mass is 28.4. The van der Waals surface area contributed by atoms with Gasteiger partial charge in [-0.15, -0.1) is 11.1 Å². The highest BCUT2D eigenvalue weighted by Gasteiger charge is 2.43. The number of methoxy groups -OCH3 is 2. The normalized spacial score (nSPS) is 21.0. The summed E-state index contributed by atoms with van der Waals surface area (Å²) in [5.41, 5.74) is 15.8. The second-order valence-corrected chi connectivity index (χ2v) is 33.0. The third-order valence-corrected chi connectivity index (χ3v) is 18.8. The van der Waals surface area contributed by atoms with E-state index in [1.807, 2.05) is 0 Å². The lowest BCUT2D eigenvalue weighted by Gasteiger charge is -2.43. The van der Waals surface area contributed by atoms with Crippen LogP contribution >= 0.6 is 0 Å². The van der Waals surface area contributed by atoms with E-state index in [4.69, 9.17) is 13.9 Å². The predicted octanol–water partition coefficient (Wildman–Crippen LogP) is 14.1. The quantitative estimate of drug-likeness (QED) is 0.0759. The maximum atomic E-state index is 10.1. The molecule has 2 aliphatic carbocycles. The van der Waals surface area contributed by atoms with E-state index < -0.39 is 35.7 Å². The average Bonchev–Trinajstić information content (AvgIpc) is 3.24. The van der Waals surface area contributed by atoms with Crippen molar-refractivity contribution >= 4 is 24.5 Å². The maximum absolute atomic E-state index is 10.1. The van der Waals surface area contributed by atoms with Crippen molar-refractivity contribution in [2.75, 3.05) is 14.2 Å². The van der Waals surface area contributed by atoms with Gasteiger partial charge in [-0.2, -0.15) is 0 Å². The van der Waals surface area contributed by atoms with Crippen LogP contribution in [0.1, 0.15) is 98.8 Å². The molecule has 2 aliphatic rings. The standard InChI is InChI=1S/C53H70O4Si3/c1-14-51(55-6)44-24-28-47(29-25-44)52(56-7)32-34-53(35-33-52,57-60(15-2,16-3)17-4)48-26-22-43(23-27-48)50-39-45(30-36-58(8,9)10)49(38-46(50)31-37-59(11,12)13)42-20-18-41(19-21-42)40(5)54/h18,22-29,32-35,38-39,42,51,54H,5,14-17,19-21H2,1-4,6-13H3/t42-,51?,52?,53?/m0/s1. The van der Waals surface area contributed by atoms with Crippen LogP contribution in [0.15, 0.2) is 109 Å². The Morgan fingerprint density at radius 3 is 1.77 bits per heavy atom. The van der Waals surface area contributed by atoms with E-state index in [0.29, 0.717) is 5.92 Å². The molecule has 0 fully saturated rings. The fraction of sp³-hybridized carbons (Fsp3) is 0.434. The van der Waals surface area contributed by atoms with Crippen molar-refractivity contribution in [3.05, 3.63) is 142 Å². The van der Waals surface area contributed by atoms with Crippen LogP contribution in [0.5, 0.6) is 0 Å². The third kappa shape index (κ3) is 10.9. The summed E-state index contributed by atoms with van der Waals surface area (Å²) < 4.78 is 19.6. The SMILES string of the molecule is C=C(O)C1=CC[C@H](c2cc(C#C[Si](C)(C)C)c(-c3ccc(C4(O[Si](CC)(CC)CC)C=CC(OC)(c5ccc(C(CC)OC)cc5)C=C4)cc3)cc2C#C[Si](C)(C)C)CC1. The van der Waals surface area contributed by atoms with Gasteiger partial charge in [0, 0.05) is 25.3 Å². The van der Waals surface area contributed by atoms with Gasteiger partial charge >= 0.3 is 0 Å². The Morgan fingerprint density at radius 1 is 0.767 bits per heavy atom. The number of rotatable bonds is 14. The minimum atomic E-state index is -2.11. The second-order valence-electron chi connectivity index (χ2n) is 18.8. The lowest BCUT2D eigenvalue weighted by atomic mass is 9.80. The minimum absolute atomic E-state index is 0.0664. The molecule has 1 N–H and O–H groups in total. The molecular formula is C53H70O4Si3. The van der Waals surface area contributed by atoms with Crippen molar-refractivity contribution in [2.45, 2.75) is 134 Å². The van der Waals surface area contributed by atoms with E-state index in [-0.39, 0.29) is 11.9 Å². The number of aliphatic hydroxyl groups excluding tert-OH is 1. The van der Waals surface area contributed by atoms with Gasteiger partial charge in [-0.3, -0.25) is 0 Å². The van der Waals surface area contributed by atoms with Crippen LogP contribution in [0.25, 0.3) is 11.1 Å². The number of aliphatic hydroxyl groups is 1. The molecule has 5 rings (SSSR count). The first-order valence-electron chi connectivity index (χ1n) is 22.1. The predicted molar refractivity (Wildman–Crippen MR) is 262 cm³/mol. The molecule has 0 saturated heterocycles. The minimum Gasteiger partial charge on any atom is -0.508 e. The van der Waals surface area contributed by atoms with E-state index in [1.54, 1.807) is 14.2 Å². The average molecular weight is 855 g/mol. The third-order valence-electron chi connectivity index (χ3n) is 12.4. The van der Waals surface area contributed by atoms with E-state index in [0.717, 1.165) is 88.3 Å². The van der Waals surface area contributed by atoms with Gasteiger partial charge in [-0.1, -0.05) is 140 Å². The number of hydrogen-bond donors (Lipinski definition) is 1. The second kappa shape index (κ2) is 19.4. The van der Waals surface area contributed by atoms with Crippen molar-refractivity contribution in [2.24, 2.45) is 0 Å². The maximum Gasteiger partial charge on any atom is 0.194 e. The summed E-state index contributed by atoms with van der Waals surface area (Å²) in [6.07, 6.45) is 14.6. The van der Waals surface area contributed by atoms with Crippen LogP contribution in [-0.2, 0) is 25.1 Å². The summed E-state index contributed by atoms with van der Waals surface area (Å²) in [4.78, 5) is 0. The largest absolute Gasteiger partial charge is 0.508 e. The molecule has 0 saturated carbocycles. The highest BCUT2D eigenvalue weighted by Crippen LogP contribution is 2.45. The Hall–Kier alpha value is -3.93. The molecule has 0 aromatic heterocycles. The molecule has 2 atom stereocenters. The van der Waals surface area contributed by atoms with Crippen LogP contribution < -0.4 is 0 Å². The molecule has 0 radical (unpaired) electrons. The zero-order chi connectivity index (χ0) is 43.9. The van der Waals surface area contributed by atoms with Crippen LogP contribution in [-0.4, -0.2) is 43.8 Å². The fourth-order valence-corrected chi connectivity index (χ4v) is 12.3. The van der Waals surface area contributed by atoms with Gasteiger partial charge in [0.2, 0.25) is 0 Å². The molecule has 60 heavy (non-hydrogen) atoms. The summed E-state index contributed by atoms with van der Waals surface area (Å²) in [6, 6.07) is 25.4. The molecule has 3 aromatic rings. The Bertz CT molecular complexity index is 2180. The first-order chi connectivity index (χ1) is 28.4. The Morgan fingerprint density at radius 2 is 1.30 bits per heavy atom. The summed E-state index contributed by atoms with van der Waals surface area (Å²) in [5, 5.41) is 10.1. The van der Waals surface area contributed by atoms with Gasteiger partial charge in [-0.25, -0.2) is 0 Å². The summed E-state index contributed by atoms with van der Waals surface area (Å²) in [5.74, 6) is 7.84. The fourth-order valence-electron chi connectivity index (χ4n) is 8.40. The molecule has 318 valence electrons. The Kier molecular flexibility index (Phi) is 15.2. The van der Waals surface area contributed by atoms with Crippen LogP contribution in [0.3, 0.4) is 0 Å².